The van der Waals surface area contributed by atoms with Crippen LogP contribution in [0.1, 0.15) is 36.9 Å². The first-order valence-electron chi connectivity index (χ1n) is 11.8. The molecule has 4 rings (SSSR count). The van der Waals surface area contributed by atoms with Crippen molar-refractivity contribution in [3.05, 3.63) is 41.7 Å². The molecule has 4 N–H and O–H groups in total. The number of piperidine rings is 1. The van der Waals surface area contributed by atoms with E-state index in [1.165, 1.54) is 12.4 Å². The van der Waals surface area contributed by atoms with Crippen LogP contribution < -0.4 is 16.0 Å². The molecule has 2 fully saturated rings. The Kier molecular flexibility index (Phi) is 7.88. The Morgan fingerprint density at radius 1 is 1.22 bits per heavy atom. The number of hydrogen-bond donors (Lipinski definition) is 3. The van der Waals surface area contributed by atoms with Gasteiger partial charge in [-0.25, -0.2) is 9.97 Å². The van der Waals surface area contributed by atoms with Crippen LogP contribution >= 0.6 is 0 Å². The Balaban J connectivity index is 1.37. The summed E-state index contributed by atoms with van der Waals surface area (Å²) in [6, 6.07) is 2.27. The van der Waals surface area contributed by atoms with Crippen LogP contribution in [-0.4, -0.2) is 69.2 Å². The average Bonchev–Trinajstić information content (AvgIpc) is 3.65. The van der Waals surface area contributed by atoms with Gasteiger partial charge in [0, 0.05) is 25.3 Å². The van der Waals surface area contributed by atoms with Gasteiger partial charge in [-0.05, 0) is 50.3 Å². The number of carbonyl (C=O) groups excluding carboxylic acids is 1. The standard InChI is InChI=1S/C23H29F4N7O2/c24-20-21(29-7-5-14-6-8-33(11-18(14)35)12-19(28)36)31-13-32-22(20)34(17-3-4-17)10-16-2-1-15(9-30-16)23(25,26)27/h1-2,9,13-14,17-18,35H,3-8,10-12H2,(H2,28,36)(H,29,31,32)/t14-,18-/m1/s1. The molecular formula is C23H29F4N7O2. The first-order chi connectivity index (χ1) is 17.1. The van der Waals surface area contributed by atoms with Crippen LogP contribution in [0.4, 0.5) is 29.2 Å². The van der Waals surface area contributed by atoms with Crippen LogP contribution in [0.3, 0.4) is 0 Å². The number of halogens is 4. The van der Waals surface area contributed by atoms with Crippen LogP contribution in [0.25, 0.3) is 0 Å². The maximum Gasteiger partial charge on any atom is 0.417 e. The van der Waals surface area contributed by atoms with Crippen molar-refractivity contribution < 1.29 is 27.5 Å². The van der Waals surface area contributed by atoms with E-state index in [0.717, 1.165) is 25.1 Å². The third kappa shape index (κ3) is 6.58. The number of aliphatic hydroxyl groups excluding tert-OH is 1. The zero-order chi connectivity index (χ0) is 25.9. The largest absolute Gasteiger partial charge is 0.417 e. The summed E-state index contributed by atoms with van der Waals surface area (Å²) in [5, 5.41) is 13.4. The van der Waals surface area contributed by atoms with E-state index in [4.69, 9.17) is 5.73 Å². The molecule has 2 aromatic rings. The van der Waals surface area contributed by atoms with Crippen molar-refractivity contribution >= 4 is 17.5 Å². The molecule has 1 aliphatic heterocycles. The van der Waals surface area contributed by atoms with E-state index in [9.17, 15) is 23.1 Å². The van der Waals surface area contributed by atoms with E-state index in [1.54, 1.807) is 4.90 Å². The number of aliphatic hydroxyl groups is 1. The molecule has 9 nitrogen and oxygen atoms in total. The first kappa shape index (κ1) is 26.0. The molecule has 0 unspecified atom stereocenters. The number of rotatable bonds is 10. The van der Waals surface area contributed by atoms with Crippen molar-refractivity contribution in [1.82, 2.24) is 19.9 Å². The molecule has 3 heterocycles. The molecule has 36 heavy (non-hydrogen) atoms. The SMILES string of the molecule is NC(=O)CN1CC[C@@H](CCNc2ncnc(N(Cc3ccc(C(F)(F)F)cn3)C3CC3)c2F)[C@H](O)C1. The summed E-state index contributed by atoms with van der Waals surface area (Å²) >= 11 is 0. The Labute approximate surface area is 205 Å². The van der Waals surface area contributed by atoms with Crippen molar-refractivity contribution in [2.75, 3.05) is 36.4 Å². The van der Waals surface area contributed by atoms with Crippen molar-refractivity contribution in [2.45, 2.75) is 50.6 Å². The molecule has 2 atom stereocenters. The zero-order valence-corrected chi connectivity index (χ0v) is 19.6. The van der Waals surface area contributed by atoms with E-state index in [2.05, 4.69) is 20.3 Å². The maximum absolute atomic E-state index is 15.4. The van der Waals surface area contributed by atoms with Crippen LogP contribution in [0.5, 0.6) is 0 Å². The van der Waals surface area contributed by atoms with Gasteiger partial charge in [-0.3, -0.25) is 14.7 Å². The number of pyridine rings is 1. The van der Waals surface area contributed by atoms with E-state index in [-0.39, 0.29) is 36.7 Å². The molecule has 0 spiro atoms. The van der Waals surface area contributed by atoms with Crippen LogP contribution in [0.15, 0.2) is 24.7 Å². The number of nitrogens with one attached hydrogen (secondary N) is 1. The predicted octanol–water partition coefficient (Wildman–Crippen LogP) is 2.17. The number of aromatic nitrogens is 3. The van der Waals surface area contributed by atoms with Gasteiger partial charge >= 0.3 is 6.18 Å². The lowest BCUT2D eigenvalue weighted by Gasteiger charge is -2.35. The van der Waals surface area contributed by atoms with Gasteiger partial charge in [0.15, 0.2) is 11.6 Å². The van der Waals surface area contributed by atoms with Gasteiger partial charge in [0.05, 0.1) is 30.5 Å². The second-order valence-corrected chi connectivity index (χ2v) is 9.29. The summed E-state index contributed by atoms with van der Waals surface area (Å²) < 4.78 is 53.8. The highest BCUT2D eigenvalue weighted by molar-refractivity contribution is 5.75. The quantitative estimate of drug-likeness (QED) is 0.415. The second-order valence-electron chi connectivity index (χ2n) is 9.29. The third-order valence-corrected chi connectivity index (χ3v) is 6.51. The molecule has 0 radical (unpaired) electrons. The lowest BCUT2D eigenvalue weighted by molar-refractivity contribution is -0.137. The fourth-order valence-corrected chi connectivity index (χ4v) is 4.43. The highest BCUT2D eigenvalue weighted by Gasteiger charge is 2.34. The van der Waals surface area contributed by atoms with E-state index >= 15 is 4.39 Å². The van der Waals surface area contributed by atoms with Crippen molar-refractivity contribution in [3.8, 4) is 0 Å². The minimum Gasteiger partial charge on any atom is -0.392 e. The van der Waals surface area contributed by atoms with Gasteiger partial charge in [-0.2, -0.15) is 17.6 Å². The smallest absolute Gasteiger partial charge is 0.392 e. The van der Waals surface area contributed by atoms with Gasteiger partial charge in [0.2, 0.25) is 11.7 Å². The fraction of sp³-hybridized carbons (Fsp3) is 0.565. The normalized spacial score (nSPS) is 20.8. The van der Waals surface area contributed by atoms with Crippen molar-refractivity contribution in [3.63, 3.8) is 0 Å². The number of carbonyl (C=O) groups is 1. The summed E-state index contributed by atoms with van der Waals surface area (Å²) in [6.07, 6.45) is -0.178. The monoisotopic (exact) mass is 511 g/mol. The summed E-state index contributed by atoms with van der Waals surface area (Å²) in [6.45, 7) is 1.59. The maximum atomic E-state index is 15.4. The Bertz CT molecular complexity index is 1050. The summed E-state index contributed by atoms with van der Waals surface area (Å²) in [4.78, 5) is 26.6. The Hall–Kier alpha value is -3.06. The number of likely N-dealkylation sites (tertiary alicyclic amines) is 1. The molecule has 2 aromatic heterocycles. The molecule has 2 aliphatic rings. The lowest BCUT2D eigenvalue weighted by Crippen LogP contribution is -2.47. The molecule has 1 saturated heterocycles. The molecular weight excluding hydrogens is 482 g/mol. The number of alkyl halides is 3. The molecule has 1 aliphatic carbocycles. The second kappa shape index (κ2) is 10.9. The van der Waals surface area contributed by atoms with Gasteiger partial charge < -0.3 is 21.1 Å². The van der Waals surface area contributed by atoms with Crippen LogP contribution in [-0.2, 0) is 17.5 Å². The highest BCUT2D eigenvalue weighted by Crippen LogP contribution is 2.35. The molecule has 0 aromatic carbocycles. The minimum atomic E-state index is -4.47. The number of anilines is 2. The van der Waals surface area contributed by atoms with Gasteiger partial charge in [0.25, 0.3) is 0 Å². The predicted molar refractivity (Wildman–Crippen MR) is 123 cm³/mol. The van der Waals surface area contributed by atoms with Gasteiger partial charge in [0.1, 0.15) is 6.33 Å². The van der Waals surface area contributed by atoms with Gasteiger partial charge in [-0.1, -0.05) is 0 Å². The minimum absolute atomic E-state index is 0.0142. The van der Waals surface area contributed by atoms with E-state index in [1.807, 2.05) is 4.90 Å². The number of primary amides is 1. The van der Waals surface area contributed by atoms with Crippen LogP contribution in [0, 0.1) is 11.7 Å². The number of hydrogen-bond acceptors (Lipinski definition) is 8. The fourth-order valence-electron chi connectivity index (χ4n) is 4.43. The zero-order valence-electron chi connectivity index (χ0n) is 19.6. The lowest BCUT2D eigenvalue weighted by atomic mass is 9.91. The number of β-amino-alcohol motifs (C(OH)–C–C–N with tert-alkyl or cyclic N) is 1. The average molecular weight is 512 g/mol. The summed E-state index contributed by atoms with van der Waals surface area (Å²) in [5.41, 5.74) is 4.75. The number of nitrogens with two attached hydrogens (primary N) is 1. The Morgan fingerprint density at radius 3 is 2.61 bits per heavy atom. The number of nitrogens with zero attached hydrogens (tertiary/aromatic N) is 5. The third-order valence-electron chi connectivity index (χ3n) is 6.51. The van der Waals surface area contributed by atoms with Crippen molar-refractivity contribution in [1.29, 1.82) is 0 Å². The topological polar surface area (TPSA) is 120 Å². The Morgan fingerprint density at radius 2 is 2.00 bits per heavy atom. The molecule has 0 bridgehead atoms. The van der Waals surface area contributed by atoms with Crippen LogP contribution in [0.2, 0.25) is 0 Å². The van der Waals surface area contributed by atoms with Crippen molar-refractivity contribution in [2.24, 2.45) is 11.7 Å². The van der Waals surface area contributed by atoms with E-state index < -0.39 is 29.6 Å². The molecule has 196 valence electrons. The summed E-state index contributed by atoms with van der Waals surface area (Å²) in [5.74, 6) is -1.01. The number of amides is 1. The molecule has 1 saturated carbocycles. The van der Waals surface area contributed by atoms with E-state index in [0.29, 0.717) is 38.2 Å². The first-order valence-corrected chi connectivity index (χ1v) is 11.8. The molecule has 1 amide bonds. The molecule has 13 heteroatoms. The summed E-state index contributed by atoms with van der Waals surface area (Å²) in [7, 11) is 0. The van der Waals surface area contributed by atoms with Gasteiger partial charge in [-0.15, -0.1) is 0 Å². The highest BCUT2D eigenvalue weighted by atomic mass is 19.4.